The van der Waals surface area contributed by atoms with Gasteiger partial charge in [0, 0.05) is 13.0 Å². The third-order valence-electron chi connectivity index (χ3n) is 1.91. The first-order chi connectivity index (χ1) is 7.72. The Morgan fingerprint density at radius 2 is 1.94 bits per heavy atom. The fraction of sp³-hybridized carbons (Fsp3) is 0.400. The van der Waals surface area contributed by atoms with E-state index < -0.39 is 5.09 Å². The van der Waals surface area contributed by atoms with Crippen molar-refractivity contribution in [3.05, 3.63) is 39.9 Å². The number of ether oxygens (including phenoxy) is 1. The van der Waals surface area contributed by atoms with Gasteiger partial charge in [0.05, 0.1) is 13.2 Å². The first-order valence-electron chi connectivity index (χ1n) is 4.91. The predicted molar refractivity (Wildman–Crippen MR) is 57.4 cm³/mol. The van der Waals surface area contributed by atoms with Gasteiger partial charge in [0.1, 0.15) is 5.75 Å². The van der Waals surface area contributed by atoms with E-state index in [9.17, 15) is 10.1 Å². The molecule has 0 aliphatic heterocycles. The molecule has 0 heterocycles. The summed E-state index contributed by atoms with van der Waals surface area (Å²) in [5.74, 6) is 0.721. The Kier molecular flexibility index (Phi) is 5.07. The molecular formula is C10H14N2O4. The van der Waals surface area contributed by atoms with Crippen LogP contribution in [-0.2, 0) is 11.4 Å². The normalized spacial score (nSPS) is 9.81. The molecule has 0 spiro atoms. The van der Waals surface area contributed by atoms with Gasteiger partial charge < -0.3 is 15.3 Å². The number of hydrogen-bond acceptors (Lipinski definition) is 5. The minimum atomic E-state index is -0.809. The van der Waals surface area contributed by atoms with Crippen LogP contribution in [0.2, 0.25) is 0 Å². The molecule has 1 rings (SSSR count). The highest BCUT2D eigenvalue weighted by atomic mass is 16.9. The molecule has 1 aromatic rings. The van der Waals surface area contributed by atoms with Gasteiger partial charge >= 0.3 is 0 Å². The molecule has 0 aliphatic rings. The van der Waals surface area contributed by atoms with E-state index in [1.165, 1.54) is 0 Å². The van der Waals surface area contributed by atoms with Crippen molar-refractivity contribution >= 4 is 0 Å². The second-order valence-electron chi connectivity index (χ2n) is 3.11. The quantitative estimate of drug-likeness (QED) is 0.427. The second kappa shape index (κ2) is 6.62. The molecule has 0 aromatic heterocycles. The van der Waals surface area contributed by atoms with Crippen molar-refractivity contribution in [2.45, 2.75) is 13.0 Å². The molecule has 2 N–H and O–H groups in total. The smallest absolute Gasteiger partial charge is 0.294 e. The summed E-state index contributed by atoms with van der Waals surface area (Å²) in [5, 5.41) is 9.02. The lowest BCUT2D eigenvalue weighted by atomic mass is 10.2. The zero-order valence-corrected chi connectivity index (χ0v) is 8.80. The summed E-state index contributed by atoms with van der Waals surface area (Å²) in [6, 6.07) is 7.39. The highest BCUT2D eigenvalue weighted by Crippen LogP contribution is 2.11. The molecule has 88 valence electrons. The van der Waals surface area contributed by atoms with Crippen LogP contribution in [0.15, 0.2) is 24.3 Å². The molecule has 0 unspecified atom stereocenters. The fourth-order valence-electron chi connectivity index (χ4n) is 1.11. The maximum absolute atomic E-state index is 9.83. The van der Waals surface area contributed by atoms with Gasteiger partial charge in [-0.05, 0) is 17.7 Å². The van der Waals surface area contributed by atoms with Gasteiger partial charge in [0.15, 0.2) is 0 Å². The van der Waals surface area contributed by atoms with Crippen LogP contribution >= 0.6 is 0 Å². The van der Waals surface area contributed by atoms with Crippen LogP contribution in [0, 0.1) is 10.1 Å². The Hall–Kier alpha value is -1.82. The monoisotopic (exact) mass is 226 g/mol. The maximum atomic E-state index is 9.83. The lowest BCUT2D eigenvalue weighted by Gasteiger charge is -2.06. The number of rotatable bonds is 7. The molecular weight excluding hydrogens is 212 g/mol. The van der Waals surface area contributed by atoms with Crippen molar-refractivity contribution in [2.75, 3.05) is 13.2 Å². The van der Waals surface area contributed by atoms with Crippen LogP contribution in [0.3, 0.4) is 0 Å². The first-order valence-corrected chi connectivity index (χ1v) is 4.91. The average molecular weight is 226 g/mol. The molecule has 0 aliphatic carbocycles. The van der Waals surface area contributed by atoms with Gasteiger partial charge in [-0.25, -0.2) is 0 Å². The summed E-state index contributed by atoms with van der Waals surface area (Å²) in [4.78, 5) is 14.0. The number of hydrogen-bond donors (Lipinski definition) is 1. The molecule has 0 radical (unpaired) electrons. The minimum absolute atomic E-state index is 0.0495. The Bertz CT molecular complexity index is 326. The van der Waals surface area contributed by atoms with E-state index in [1.54, 1.807) is 0 Å². The Morgan fingerprint density at radius 3 is 2.50 bits per heavy atom. The topological polar surface area (TPSA) is 87.6 Å². The zero-order chi connectivity index (χ0) is 11.8. The number of benzene rings is 1. The van der Waals surface area contributed by atoms with E-state index in [0.717, 1.165) is 11.3 Å². The Balaban J connectivity index is 2.19. The van der Waals surface area contributed by atoms with Crippen molar-refractivity contribution in [1.29, 1.82) is 0 Å². The molecule has 0 amide bonds. The van der Waals surface area contributed by atoms with Crippen LogP contribution in [-0.4, -0.2) is 18.3 Å². The molecule has 0 atom stereocenters. The first kappa shape index (κ1) is 12.3. The van der Waals surface area contributed by atoms with Crippen molar-refractivity contribution in [3.8, 4) is 5.75 Å². The molecule has 0 saturated heterocycles. The highest BCUT2D eigenvalue weighted by molar-refractivity contribution is 5.26. The predicted octanol–water partition coefficient (Wildman–Crippen LogP) is 1.12. The van der Waals surface area contributed by atoms with Crippen LogP contribution < -0.4 is 10.5 Å². The molecule has 16 heavy (non-hydrogen) atoms. The second-order valence-corrected chi connectivity index (χ2v) is 3.11. The van der Waals surface area contributed by atoms with E-state index in [4.69, 9.17) is 10.5 Å². The van der Waals surface area contributed by atoms with Gasteiger partial charge in [0.25, 0.3) is 5.09 Å². The molecule has 0 saturated carbocycles. The standard InChI is InChI=1S/C10H14N2O4/c11-8-9-2-4-10(5-3-9)15-6-1-7-16-12(13)14/h2-5H,1,6-8,11H2. The highest BCUT2D eigenvalue weighted by Gasteiger charge is 1.96. The Morgan fingerprint density at radius 1 is 1.25 bits per heavy atom. The summed E-state index contributed by atoms with van der Waals surface area (Å²) in [7, 11) is 0. The van der Waals surface area contributed by atoms with E-state index >= 15 is 0 Å². The van der Waals surface area contributed by atoms with E-state index in [0.29, 0.717) is 19.6 Å². The third-order valence-corrected chi connectivity index (χ3v) is 1.91. The van der Waals surface area contributed by atoms with E-state index in [2.05, 4.69) is 4.84 Å². The van der Waals surface area contributed by atoms with Crippen LogP contribution in [0.1, 0.15) is 12.0 Å². The minimum Gasteiger partial charge on any atom is -0.494 e. The van der Waals surface area contributed by atoms with Crippen molar-refractivity contribution < 1.29 is 14.7 Å². The number of nitrogens with two attached hydrogens (primary N) is 1. The third kappa shape index (κ3) is 4.61. The van der Waals surface area contributed by atoms with Gasteiger partial charge in [-0.1, -0.05) is 12.1 Å². The summed E-state index contributed by atoms with van der Waals surface area (Å²) in [6.07, 6.45) is 0.472. The zero-order valence-electron chi connectivity index (χ0n) is 8.80. The van der Waals surface area contributed by atoms with Crippen molar-refractivity contribution in [1.82, 2.24) is 0 Å². The van der Waals surface area contributed by atoms with Crippen molar-refractivity contribution in [3.63, 3.8) is 0 Å². The lowest BCUT2D eigenvalue weighted by Crippen LogP contribution is -2.06. The summed E-state index contributed by atoms with van der Waals surface area (Å²) < 4.78 is 5.34. The van der Waals surface area contributed by atoms with Crippen LogP contribution in [0.4, 0.5) is 0 Å². The van der Waals surface area contributed by atoms with Gasteiger partial charge in [-0.2, -0.15) is 0 Å². The van der Waals surface area contributed by atoms with E-state index in [-0.39, 0.29) is 6.61 Å². The van der Waals surface area contributed by atoms with Crippen LogP contribution in [0.25, 0.3) is 0 Å². The SMILES string of the molecule is NCc1ccc(OCCCO[N+](=O)[O-])cc1. The molecule has 0 bridgehead atoms. The van der Waals surface area contributed by atoms with Crippen LogP contribution in [0.5, 0.6) is 5.75 Å². The summed E-state index contributed by atoms with van der Waals surface area (Å²) in [5.41, 5.74) is 6.48. The average Bonchev–Trinajstić information content (AvgIpc) is 2.29. The Labute approximate surface area is 93.1 Å². The number of nitrogens with zero attached hydrogens (tertiary/aromatic N) is 1. The largest absolute Gasteiger partial charge is 0.494 e. The maximum Gasteiger partial charge on any atom is 0.294 e. The lowest BCUT2D eigenvalue weighted by molar-refractivity contribution is -0.757. The molecule has 1 aromatic carbocycles. The molecule has 6 nitrogen and oxygen atoms in total. The molecule has 0 fully saturated rings. The van der Waals surface area contributed by atoms with Gasteiger partial charge in [0.2, 0.25) is 0 Å². The summed E-state index contributed by atoms with van der Waals surface area (Å²) in [6.45, 7) is 0.931. The molecule has 6 heteroatoms. The fourth-order valence-corrected chi connectivity index (χ4v) is 1.11. The van der Waals surface area contributed by atoms with Crippen molar-refractivity contribution in [2.24, 2.45) is 5.73 Å². The van der Waals surface area contributed by atoms with E-state index in [1.807, 2.05) is 24.3 Å². The van der Waals surface area contributed by atoms with Gasteiger partial charge in [-0.3, -0.25) is 0 Å². The summed E-state index contributed by atoms with van der Waals surface area (Å²) >= 11 is 0. The van der Waals surface area contributed by atoms with Gasteiger partial charge in [-0.15, -0.1) is 10.1 Å².